The Morgan fingerprint density at radius 3 is 2.58 bits per heavy atom. The van der Waals surface area contributed by atoms with Crippen LogP contribution in [0.4, 0.5) is 5.69 Å². The number of nitrogens with zero attached hydrogens (tertiary/aromatic N) is 1. The van der Waals surface area contributed by atoms with Crippen molar-refractivity contribution in [3.05, 3.63) is 58.4 Å². The molecule has 0 radical (unpaired) electrons. The summed E-state index contributed by atoms with van der Waals surface area (Å²) in [6.07, 6.45) is 3.66. The Kier molecular flexibility index (Phi) is 4.17. The van der Waals surface area contributed by atoms with Gasteiger partial charge in [0.05, 0.1) is 17.1 Å². The third-order valence-corrected chi connectivity index (χ3v) is 3.11. The van der Waals surface area contributed by atoms with Crippen LogP contribution in [0.5, 0.6) is 0 Å². The third-order valence-electron chi connectivity index (χ3n) is 2.81. The lowest BCUT2D eigenvalue weighted by Crippen LogP contribution is -2.15. The van der Waals surface area contributed by atoms with Crippen LogP contribution in [0, 0.1) is 13.8 Å². The lowest BCUT2D eigenvalue weighted by molar-refractivity contribution is -0.115. The molecule has 0 saturated carbocycles. The van der Waals surface area contributed by atoms with Gasteiger partial charge in [0.15, 0.2) is 0 Å². The number of carbonyl (C=O) groups excluding carboxylic acids is 1. The van der Waals surface area contributed by atoms with Crippen LogP contribution >= 0.6 is 11.6 Å². The molecular weight excluding hydrogens is 260 g/mol. The summed E-state index contributed by atoms with van der Waals surface area (Å²) < 4.78 is 0. The monoisotopic (exact) mass is 274 g/mol. The zero-order chi connectivity index (χ0) is 13.8. The highest BCUT2D eigenvalue weighted by molar-refractivity contribution is 6.34. The topological polar surface area (TPSA) is 42.0 Å². The van der Waals surface area contributed by atoms with Crippen LogP contribution in [-0.4, -0.2) is 10.9 Å². The van der Waals surface area contributed by atoms with Gasteiger partial charge in [0, 0.05) is 12.4 Å². The fourth-order valence-corrected chi connectivity index (χ4v) is 2.31. The molecule has 0 saturated heterocycles. The number of carbonyl (C=O) groups is 1. The van der Waals surface area contributed by atoms with Gasteiger partial charge in [-0.05, 0) is 48.7 Å². The molecule has 0 fully saturated rings. The number of hydrogen-bond donors (Lipinski definition) is 1. The van der Waals surface area contributed by atoms with E-state index in [4.69, 9.17) is 11.6 Å². The SMILES string of the molecule is Cc1cc(C)c(NC(=O)Cc2ccncc2)c(Cl)c1. The number of benzene rings is 1. The summed E-state index contributed by atoms with van der Waals surface area (Å²) in [4.78, 5) is 15.9. The van der Waals surface area contributed by atoms with Gasteiger partial charge in [-0.15, -0.1) is 0 Å². The van der Waals surface area contributed by atoms with E-state index in [1.54, 1.807) is 12.4 Å². The second-order valence-corrected chi connectivity index (χ2v) is 4.93. The van der Waals surface area contributed by atoms with E-state index in [0.717, 1.165) is 16.7 Å². The van der Waals surface area contributed by atoms with Crippen molar-refractivity contribution in [1.29, 1.82) is 0 Å². The zero-order valence-electron chi connectivity index (χ0n) is 10.9. The molecule has 0 spiro atoms. The van der Waals surface area contributed by atoms with Crippen LogP contribution < -0.4 is 5.32 Å². The van der Waals surface area contributed by atoms with Crippen molar-refractivity contribution in [2.45, 2.75) is 20.3 Å². The van der Waals surface area contributed by atoms with Crippen molar-refractivity contribution in [3.8, 4) is 0 Å². The molecule has 3 nitrogen and oxygen atoms in total. The normalized spacial score (nSPS) is 10.3. The van der Waals surface area contributed by atoms with Crippen molar-refractivity contribution in [3.63, 3.8) is 0 Å². The Balaban J connectivity index is 2.12. The minimum atomic E-state index is -0.0833. The molecule has 19 heavy (non-hydrogen) atoms. The molecule has 1 aromatic heterocycles. The van der Waals surface area contributed by atoms with Crippen molar-refractivity contribution < 1.29 is 4.79 Å². The van der Waals surface area contributed by atoms with E-state index < -0.39 is 0 Å². The smallest absolute Gasteiger partial charge is 0.228 e. The van der Waals surface area contributed by atoms with Gasteiger partial charge in [-0.25, -0.2) is 0 Å². The number of rotatable bonds is 3. The van der Waals surface area contributed by atoms with Crippen LogP contribution in [0.3, 0.4) is 0 Å². The van der Waals surface area contributed by atoms with Gasteiger partial charge < -0.3 is 5.32 Å². The second-order valence-electron chi connectivity index (χ2n) is 4.52. The molecule has 1 heterocycles. The van der Waals surface area contributed by atoms with Crippen LogP contribution in [0.15, 0.2) is 36.7 Å². The third kappa shape index (κ3) is 3.55. The summed E-state index contributed by atoms with van der Waals surface area (Å²) in [5, 5.41) is 3.43. The lowest BCUT2D eigenvalue weighted by Gasteiger charge is -2.11. The first-order chi connectivity index (χ1) is 9.06. The molecule has 0 atom stereocenters. The number of amides is 1. The molecule has 0 aliphatic carbocycles. The summed E-state index contributed by atoms with van der Waals surface area (Å²) in [6, 6.07) is 7.48. The maximum atomic E-state index is 12.0. The van der Waals surface area contributed by atoms with E-state index in [-0.39, 0.29) is 5.91 Å². The van der Waals surface area contributed by atoms with E-state index >= 15 is 0 Å². The number of nitrogens with one attached hydrogen (secondary N) is 1. The first-order valence-electron chi connectivity index (χ1n) is 6.02. The Bertz CT molecular complexity index is 573. The van der Waals surface area contributed by atoms with Gasteiger partial charge in [-0.3, -0.25) is 9.78 Å². The van der Waals surface area contributed by atoms with Crippen molar-refractivity contribution in [2.75, 3.05) is 5.32 Å². The average Bonchev–Trinajstić information content (AvgIpc) is 2.35. The van der Waals surface area contributed by atoms with Gasteiger partial charge in [-0.1, -0.05) is 17.7 Å². The number of halogens is 1. The predicted octanol–water partition coefficient (Wildman–Crippen LogP) is 3.53. The maximum absolute atomic E-state index is 12.0. The average molecular weight is 275 g/mol. The van der Waals surface area contributed by atoms with Crippen molar-refractivity contribution >= 4 is 23.2 Å². The Labute approximate surface area is 117 Å². The molecule has 98 valence electrons. The van der Waals surface area contributed by atoms with E-state index in [1.165, 1.54) is 0 Å². The number of anilines is 1. The summed E-state index contributed by atoms with van der Waals surface area (Å²) in [7, 11) is 0. The van der Waals surface area contributed by atoms with E-state index in [9.17, 15) is 4.79 Å². The second kappa shape index (κ2) is 5.85. The number of aromatic nitrogens is 1. The number of aryl methyl sites for hydroxylation is 2. The molecule has 4 heteroatoms. The van der Waals surface area contributed by atoms with Gasteiger partial charge in [-0.2, -0.15) is 0 Å². The van der Waals surface area contributed by atoms with Gasteiger partial charge in [0.25, 0.3) is 0 Å². The van der Waals surface area contributed by atoms with E-state index in [2.05, 4.69) is 10.3 Å². The first-order valence-corrected chi connectivity index (χ1v) is 6.39. The molecule has 2 rings (SSSR count). The zero-order valence-corrected chi connectivity index (χ0v) is 11.7. The summed E-state index contributed by atoms with van der Waals surface area (Å²) >= 11 is 6.16. The highest BCUT2D eigenvalue weighted by atomic mass is 35.5. The summed E-state index contributed by atoms with van der Waals surface area (Å²) in [6.45, 7) is 3.91. The Morgan fingerprint density at radius 2 is 1.95 bits per heavy atom. The van der Waals surface area contributed by atoms with Gasteiger partial charge in [0.2, 0.25) is 5.91 Å². The first kappa shape index (κ1) is 13.6. The van der Waals surface area contributed by atoms with Crippen LogP contribution in [0.25, 0.3) is 0 Å². The van der Waals surface area contributed by atoms with Crippen LogP contribution in [-0.2, 0) is 11.2 Å². The minimum Gasteiger partial charge on any atom is -0.324 e. The standard InChI is InChI=1S/C15H15ClN2O/c1-10-7-11(2)15(13(16)8-10)18-14(19)9-12-3-5-17-6-4-12/h3-8H,9H2,1-2H3,(H,18,19). The molecular formula is C15H15ClN2O. The lowest BCUT2D eigenvalue weighted by atomic mass is 10.1. The predicted molar refractivity (Wildman–Crippen MR) is 77.5 cm³/mol. The molecule has 0 aliphatic rings. The van der Waals surface area contributed by atoms with Crippen molar-refractivity contribution in [1.82, 2.24) is 4.98 Å². The highest BCUT2D eigenvalue weighted by Crippen LogP contribution is 2.27. The van der Waals surface area contributed by atoms with Crippen LogP contribution in [0.2, 0.25) is 5.02 Å². The molecule has 1 aromatic carbocycles. The fourth-order valence-electron chi connectivity index (χ4n) is 1.94. The number of hydrogen-bond acceptors (Lipinski definition) is 2. The van der Waals surface area contributed by atoms with Crippen molar-refractivity contribution in [2.24, 2.45) is 0 Å². The maximum Gasteiger partial charge on any atom is 0.228 e. The van der Waals surface area contributed by atoms with Gasteiger partial charge >= 0.3 is 0 Å². The minimum absolute atomic E-state index is 0.0833. The molecule has 0 bridgehead atoms. The number of pyridine rings is 1. The van der Waals surface area contributed by atoms with E-state index in [0.29, 0.717) is 17.1 Å². The Morgan fingerprint density at radius 1 is 1.26 bits per heavy atom. The molecule has 2 aromatic rings. The fraction of sp³-hybridized carbons (Fsp3) is 0.200. The van der Waals surface area contributed by atoms with Gasteiger partial charge in [0.1, 0.15) is 0 Å². The van der Waals surface area contributed by atoms with Crippen LogP contribution in [0.1, 0.15) is 16.7 Å². The molecule has 0 unspecified atom stereocenters. The summed E-state index contributed by atoms with van der Waals surface area (Å²) in [5.74, 6) is -0.0833. The highest BCUT2D eigenvalue weighted by Gasteiger charge is 2.09. The summed E-state index contributed by atoms with van der Waals surface area (Å²) in [5.41, 5.74) is 3.66. The largest absolute Gasteiger partial charge is 0.324 e. The van der Waals surface area contributed by atoms with E-state index in [1.807, 2.05) is 38.1 Å². The molecule has 1 N–H and O–H groups in total. The quantitative estimate of drug-likeness (QED) is 0.930. The Hall–Kier alpha value is -1.87. The molecule has 1 amide bonds. The molecule has 0 aliphatic heterocycles.